The monoisotopic (exact) mass is 570 g/mol. The number of rotatable bonds is 8. The zero-order valence-electron chi connectivity index (χ0n) is 23.4. The molecule has 1 aliphatic rings. The Morgan fingerprint density at radius 3 is 2.24 bits per heavy atom. The third-order valence-electron chi connectivity index (χ3n) is 7.18. The molecule has 0 aromatic heterocycles. The van der Waals surface area contributed by atoms with Crippen LogP contribution in [0.5, 0.6) is 11.5 Å². The van der Waals surface area contributed by atoms with Crippen molar-refractivity contribution in [3.8, 4) is 11.5 Å². The summed E-state index contributed by atoms with van der Waals surface area (Å²) >= 11 is 0. The molecule has 0 radical (unpaired) electrons. The Hall–Kier alpha value is -4.21. The van der Waals surface area contributed by atoms with Crippen molar-refractivity contribution >= 4 is 17.7 Å². The van der Waals surface area contributed by atoms with Crippen LogP contribution < -0.4 is 14.4 Å². The molecule has 0 N–H and O–H groups in total. The van der Waals surface area contributed by atoms with Crippen molar-refractivity contribution in [3.63, 3.8) is 0 Å². The molecule has 3 aromatic rings. The third kappa shape index (κ3) is 6.42. The van der Waals surface area contributed by atoms with Gasteiger partial charge in [0.15, 0.2) is 11.5 Å². The Morgan fingerprint density at radius 2 is 1.61 bits per heavy atom. The lowest BCUT2D eigenvalue weighted by molar-refractivity contribution is -0.139. The van der Waals surface area contributed by atoms with E-state index in [0.29, 0.717) is 29.2 Å². The Morgan fingerprint density at radius 1 is 0.976 bits per heavy atom. The maximum absolute atomic E-state index is 14.0. The number of carbonyl (C=O) groups excluding carboxylic acids is 2. The number of hydrogen-bond donors (Lipinski definition) is 0. The maximum atomic E-state index is 14.0. The van der Waals surface area contributed by atoms with Gasteiger partial charge < -0.3 is 19.1 Å². The van der Waals surface area contributed by atoms with E-state index in [1.807, 2.05) is 37.3 Å². The van der Waals surface area contributed by atoms with Crippen LogP contribution in [0, 0.1) is 0 Å². The maximum Gasteiger partial charge on any atom is 0.416 e. The number of benzene rings is 3. The van der Waals surface area contributed by atoms with Crippen LogP contribution in [0.1, 0.15) is 48.6 Å². The van der Waals surface area contributed by atoms with Gasteiger partial charge in [0.2, 0.25) is 5.91 Å². The van der Waals surface area contributed by atoms with Crippen molar-refractivity contribution in [2.45, 2.75) is 51.5 Å². The second kappa shape index (κ2) is 12.5. The third-order valence-corrected chi connectivity index (χ3v) is 7.18. The number of anilines is 1. The largest absolute Gasteiger partial charge is 0.493 e. The van der Waals surface area contributed by atoms with Crippen LogP contribution in [-0.4, -0.2) is 43.8 Å². The van der Waals surface area contributed by atoms with E-state index in [0.717, 1.165) is 11.6 Å². The molecule has 1 heterocycles. The summed E-state index contributed by atoms with van der Waals surface area (Å²) in [6.07, 6.45) is -5.28. The molecule has 0 spiro atoms. The molecule has 0 bridgehead atoms. The van der Waals surface area contributed by atoms with Crippen molar-refractivity contribution in [1.29, 1.82) is 0 Å². The van der Waals surface area contributed by atoms with Crippen LogP contribution in [0.15, 0.2) is 66.7 Å². The molecular weight excluding hydrogens is 537 g/mol. The number of amides is 2. The number of hydrogen-bond acceptors (Lipinski definition) is 5. The summed E-state index contributed by atoms with van der Waals surface area (Å²) < 4.78 is 57.7. The summed E-state index contributed by atoms with van der Waals surface area (Å²) in [5.41, 5.74) is 0.943. The standard InChI is InChI=1S/C31H33F3N2O5/c1-5-41-30(38)36-20(2)15-25(23-17-27(39-3)28(40-4)18-26(23)36)35(19-21-11-7-6-8-12-21)29(37)16-22-13-9-10-14-24(22)31(32,33)34/h6-14,17-18,20,25H,5,15-16,19H2,1-4H3/t20-,25+/m0/s1. The predicted molar refractivity (Wildman–Crippen MR) is 148 cm³/mol. The van der Waals surface area contributed by atoms with E-state index in [4.69, 9.17) is 14.2 Å². The molecule has 0 saturated heterocycles. The van der Waals surface area contributed by atoms with Crippen molar-refractivity contribution in [2.24, 2.45) is 0 Å². The number of ether oxygens (including phenoxy) is 3. The Labute approximate surface area is 237 Å². The molecule has 1 aliphatic heterocycles. The first-order valence-electron chi connectivity index (χ1n) is 13.3. The quantitative estimate of drug-likeness (QED) is 0.298. The highest BCUT2D eigenvalue weighted by atomic mass is 19.4. The van der Waals surface area contributed by atoms with Gasteiger partial charge in [0.25, 0.3) is 0 Å². The molecule has 41 heavy (non-hydrogen) atoms. The topological polar surface area (TPSA) is 68.3 Å². The van der Waals surface area contributed by atoms with Crippen LogP contribution in [0.2, 0.25) is 0 Å². The van der Waals surface area contributed by atoms with E-state index in [9.17, 15) is 22.8 Å². The Bertz CT molecular complexity index is 1380. The van der Waals surface area contributed by atoms with Gasteiger partial charge in [-0.25, -0.2) is 4.79 Å². The zero-order chi connectivity index (χ0) is 29.7. The normalized spacial score (nSPS) is 16.5. The first kappa shape index (κ1) is 29.8. The van der Waals surface area contributed by atoms with Gasteiger partial charge in [-0.1, -0.05) is 48.5 Å². The number of alkyl halides is 3. The van der Waals surface area contributed by atoms with Gasteiger partial charge in [-0.15, -0.1) is 0 Å². The average molecular weight is 571 g/mol. The molecule has 0 fully saturated rings. The molecule has 218 valence electrons. The summed E-state index contributed by atoms with van der Waals surface area (Å²) in [4.78, 5) is 30.2. The number of nitrogens with zero attached hydrogens (tertiary/aromatic N) is 2. The minimum Gasteiger partial charge on any atom is -0.493 e. The molecule has 0 saturated carbocycles. The summed E-state index contributed by atoms with van der Waals surface area (Å²) in [6, 6.07) is 16.7. The predicted octanol–water partition coefficient (Wildman–Crippen LogP) is 6.79. The molecule has 2 atom stereocenters. The van der Waals surface area contributed by atoms with E-state index in [2.05, 4.69) is 0 Å². The number of halogens is 3. The van der Waals surface area contributed by atoms with Gasteiger partial charge in [0.05, 0.1) is 44.5 Å². The molecule has 4 rings (SSSR count). The summed E-state index contributed by atoms with van der Waals surface area (Å²) in [7, 11) is 2.96. The zero-order valence-corrected chi connectivity index (χ0v) is 23.4. The minimum absolute atomic E-state index is 0.104. The molecule has 7 nitrogen and oxygen atoms in total. The van der Waals surface area contributed by atoms with Crippen LogP contribution in [0.25, 0.3) is 0 Å². The van der Waals surface area contributed by atoms with E-state index in [-0.39, 0.29) is 18.7 Å². The van der Waals surface area contributed by atoms with Gasteiger partial charge in [-0.2, -0.15) is 13.2 Å². The van der Waals surface area contributed by atoms with E-state index < -0.39 is 42.2 Å². The molecular formula is C31H33F3N2O5. The fourth-order valence-corrected chi connectivity index (χ4v) is 5.29. The average Bonchev–Trinajstić information content (AvgIpc) is 2.95. The Balaban J connectivity index is 1.84. The first-order chi connectivity index (χ1) is 19.6. The second-order valence-electron chi connectivity index (χ2n) is 9.77. The van der Waals surface area contributed by atoms with Crippen LogP contribution in [0.3, 0.4) is 0 Å². The molecule has 3 aromatic carbocycles. The minimum atomic E-state index is -4.60. The van der Waals surface area contributed by atoms with Gasteiger partial charge in [0.1, 0.15) is 0 Å². The van der Waals surface area contributed by atoms with Gasteiger partial charge in [0, 0.05) is 24.2 Å². The number of carbonyl (C=O) groups is 2. The highest BCUT2D eigenvalue weighted by molar-refractivity contribution is 5.91. The highest BCUT2D eigenvalue weighted by Crippen LogP contribution is 2.46. The summed E-state index contributed by atoms with van der Waals surface area (Å²) in [6.45, 7) is 3.88. The van der Waals surface area contributed by atoms with Crippen molar-refractivity contribution < 1.29 is 37.0 Å². The van der Waals surface area contributed by atoms with Crippen LogP contribution >= 0.6 is 0 Å². The number of methoxy groups -OCH3 is 2. The molecule has 0 aliphatic carbocycles. The van der Waals surface area contributed by atoms with Crippen molar-refractivity contribution in [1.82, 2.24) is 4.90 Å². The van der Waals surface area contributed by atoms with Gasteiger partial charge in [-0.05, 0) is 43.5 Å². The van der Waals surface area contributed by atoms with Crippen LogP contribution in [-0.2, 0) is 28.7 Å². The fourth-order valence-electron chi connectivity index (χ4n) is 5.29. The highest BCUT2D eigenvalue weighted by Gasteiger charge is 2.40. The SMILES string of the molecule is CCOC(=O)N1c2cc(OC)c(OC)cc2[C@H](N(Cc2ccccc2)C(=O)Cc2ccccc2C(F)(F)F)C[C@@H]1C. The first-order valence-corrected chi connectivity index (χ1v) is 13.3. The smallest absolute Gasteiger partial charge is 0.416 e. The molecule has 10 heteroatoms. The molecule has 0 unspecified atom stereocenters. The number of fused-ring (bicyclic) bond motifs is 1. The van der Waals surface area contributed by atoms with E-state index in [1.54, 1.807) is 24.0 Å². The summed E-state index contributed by atoms with van der Waals surface area (Å²) in [5.74, 6) is 0.297. The van der Waals surface area contributed by atoms with Gasteiger partial charge >= 0.3 is 12.3 Å². The lowest BCUT2D eigenvalue weighted by atomic mass is 9.89. The molecule has 2 amide bonds. The van der Waals surface area contributed by atoms with E-state index in [1.165, 1.54) is 37.3 Å². The summed E-state index contributed by atoms with van der Waals surface area (Å²) in [5, 5.41) is 0. The van der Waals surface area contributed by atoms with E-state index >= 15 is 0 Å². The lowest BCUT2D eigenvalue weighted by Crippen LogP contribution is -2.48. The van der Waals surface area contributed by atoms with Gasteiger partial charge in [-0.3, -0.25) is 9.69 Å². The van der Waals surface area contributed by atoms with Crippen molar-refractivity contribution in [3.05, 3.63) is 89.0 Å². The fraction of sp³-hybridized carbons (Fsp3) is 0.355. The Kier molecular flexibility index (Phi) is 9.10. The van der Waals surface area contributed by atoms with Crippen molar-refractivity contribution in [2.75, 3.05) is 25.7 Å². The lowest BCUT2D eigenvalue weighted by Gasteiger charge is -2.43. The second-order valence-corrected chi connectivity index (χ2v) is 9.77. The van der Waals surface area contributed by atoms with Crippen LogP contribution in [0.4, 0.5) is 23.7 Å².